The highest BCUT2D eigenvalue weighted by Crippen LogP contribution is 2.23. The first-order chi connectivity index (χ1) is 21.6. The Kier molecular flexibility index (Phi) is 11.3. The van der Waals surface area contributed by atoms with Gasteiger partial charge in [0.2, 0.25) is 17.6 Å². The molecule has 3 aromatic rings. The average molecular weight is 620 g/mol. The number of carbonyl (C=O) groups is 4. The monoisotopic (exact) mass is 619 g/mol. The largest absolute Gasteiger partial charge is 0.496 e. The van der Waals surface area contributed by atoms with Crippen LogP contribution in [0.1, 0.15) is 68.2 Å². The molecule has 0 bridgehead atoms. The summed E-state index contributed by atoms with van der Waals surface area (Å²) in [5.74, 6) is -1.18. The number of Topliss-reactive ketones (excluding diaryl/α,β-unsaturated/α-hetero) is 1. The molecule has 1 aliphatic heterocycles. The normalized spacial score (nSPS) is 15.9. The van der Waals surface area contributed by atoms with E-state index < -0.39 is 35.9 Å². The number of methoxy groups -OCH3 is 1. The zero-order chi connectivity index (χ0) is 32.5. The number of carbonyl (C=O) groups excluding carboxylic acids is 4. The van der Waals surface area contributed by atoms with E-state index in [0.29, 0.717) is 37.4 Å². The summed E-state index contributed by atoms with van der Waals surface area (Å²) in [7, 11) is 1.57. The van der Waals surface area contributed by atoms with Gasteiger partial charge in [0.1, 0.15) is 24.4 Å². The highest BCUT2D eigenvalue weighted by molar-refractivity contribution is 6.00. The predicted octanol–water partition coefficient (Wildman–Crippen LogP) is 3.93. The van der Waals surface area contributed by atoms with E-state index in [1.54, 1.807) is 21.0 Å². The summed E-state index contributed by atoms with van der Waals surface area (Å²) in [5, 5.41) is 9.46. The van der Waals surface area contributed by atoms with Crippen molar-refractivity contribution in [3.63, 3.8) is 0 Å². The van der Waals surface area contributed by atoms with Crippen molar-refractivity contribution in [2.45, 2.75) is 71.7 Å². The second-order valence-corrected chi connectivity index (χ2v) is 11.7. The van der Waals surface area contributed by atoms with E-state index in [1.165, 1.54) is 4.90 Å². The Morgan fingerprint density at radius 1 is 0.956 bits per heavy atom. The zero-order valence-electron chi connectivity index (χ0n) is 26.3. The smallest absolute Gasteiger partial charge is 0.408 e. The molecule has 3 atom stereocenters. The summed E-state index contributed by atoms with van der Waals surface area (Å²) in [5.41, 5.74) is 1.65. The second-order valence-electron chi connectivity index (χ2n) is 11.7. The maximum absolute atomic E-state index is 13.7. The van der Waals surface area contributed by atoms with E-state index in [4.69, 9.17) is 14.0 Å². The lowest BCUT2D eigenvalue weighted by Gasteiger charge is -2.31. The van der Waals surface area contributed by atoms with Gasteiger partial charge in [-0.2, -0.15) is 4.98 Å². The molecule has 2 N–H and O–H groups in total. The topological polar surface area (TPSA) is 153 Å². The van der Waals surface area contributed by atoms with E-state index in [1.807, 2.05) is 68.4 Å². The number of ketones is 1. The van der Waals surface area contributed by atoms with Crippen LogP contribution in [0.25, 0.3) is 0 Å². The molecule has 0 radical (unpaired) electrons. The molecule has 2 aromatic carbocycles. The Morgan fingerprint density at radius 2 is 1.64 bits per heavy atom. The Balaban J connectivity index is 1.40. The first-order valence-electron chi connectivity index (χ1n) is 15.2. The number of aromatic nitrogens is 2. The fraction of sp³-hybridized carbons (Fsp3) is 0.455. The van der Waals surface area contributed by atoms with Gasteiger partial charge in [-0.25, -0.2) is 4.79 Å². The molecular formula is C33H41N5O7. The van der Waals surface area contributed by atoms with Crippen LogP contribution in [0.3, 0.4) is 0 Å². The summed E-state index contributed by atoms with van der Waals surface area (Å²) < 4.78 is 16.0. The molecule has 1 aliphatic rings. The van der Waals surface area contributed by atoms with Crippen molar-refractivity contribution in [3.05, 3.63) is 77.4 Å². The lowest BCUT2D eigenvalue weighted by atomic mass is 9.98. The molecule has 0 spiro atoms. The molecule has 4 rings (SSSR count). The van der Waals surface area contributed by atoms with Crippen LogP contribution in [0.5, 0.6) is 5.75 Å². The highest BCUT2D eigenvalue weighted by atomic mass is 16.5. The molecule has 1 saturated heterocycles. The van der Waals surface area contributed by atoms with Crippen LogP contribution in [0, 0.1) is 11.8 Å². The van der Waals surface area contributed by atoms with Crippen LogP contribution >= 0.6 is 0 Å². The first-order valence-corrected chi connectivity index (χ1v) is 15.2. The summed E-state index contributed by atoms with van der Waals surface area (Å²) in [6.07, 6.45) is 0.595. The van der Waals surface area contributed by atoms with Gasteiger partial charge in [0.05, 0.1) is 13.2 Å². The molecule has 1 fully saturated rings. The molecule has 12 heteroatoms. The van der Waals surface area contributed by atoms with Crippen LogP contribution in [-0.2, 0) is 27.4 Å². The number of rotatable bonds is 13. The molecule has 3 unspecified atom stereocenters. The quantitative estimate of drug-likeness (QED) is 0.271. The third kappa shape index (κ3) is 8.46. The Bertz CT molecular complexity index is 1470. The second kappa shape index (κ2) is 15.3. The van der Waals surface area contributed by atoms with Crippen molar-refractivity contribution >= 4 is 23.7 Å². The summed E-state index contributed by atoms with van der Waals surface area (Å²) in [6, 6.07) is 14.0. The van der Waals surface area contributed by atoms with Crippen molar-refractivity contribution in [2.75, 3.05) is 13.7 Å². The predicted molar refractivity (Wildman–Crippen MR) is 164 cm³/mol. The van der Waals surface area contributed by atoms with E-state index in [9.17, 15) is 19.2 Å². The molecule has 45 heavy (non-hydrogen) atoms. The van der Waals surface area contributed by atoms with Crippen molar-refractivity contribution in [1.29, 1.82) is 0 Å². The van der Waals surface area contributed by atoms with E-state index in [2.05, 4.69) is 20.8 Å². The lowest BCUT2D eigenvalue weighted by Crippen LogP contribution is -2.57. The van der Waals surface area contributed by atoms with Crippen molar-refractivity contribution in [1.82, 2.24) is 25.7 Å². The minimum absolute atomic E-state index is 0.0625. The van der Waals surface area contributed by atoms with Gasteiger partial charge >= 0.3 is 6.09 Å². The van der Waals surface area contributed by atoms with Gasteiger partial charge < -0.3 is 29.5 Å². The number of nitrogens with one attached hydrogen (secondary N) is 2. The molecular weight excluding hydrogens is 578 g/mol. The molecule has 0 saturated carbocycles. The number of para-hydroxylation sites is 1. The molecule has 0 aliphatic carbocycles. The molecule has 1 aromatic heterocycles. The van der Waals surface area contributed by atoms with Gasteiger partial charge in [-0.15, -0.1) is 0 Å². The summed E-state index contributed by atoms with van der Waals surface area (Å²) in [4.78, 5) is 59.0. The standard InChI is InChI=1S/C33H41N5O7/c1-20(2)27(29(39)31-34-26(37-45-31)18-23-14-9-10-16-25(23)43-5)35-30(40)24-15-11-17-38(24)32(41)28(21(3)4)36-33(42)44-19-22-12-7-6-8-13-22/h6-10,12-14,16,20-21,24,27-28H,11,15,17-19H2,1-5H3,(H,35,40)(H,36,42). The lowest BCUT2D eigenvalue weighted by molar-refractivity contribution is -0.141. The minimum Gasteiger partial charge on any atom is -0.496 e. The van der Waals surface area contributed by atoms with Gasteiger partial charge in [0, 0.05) is 18.5 Å². The summed E-state index contributed by atoms with van der Waals surface area (Å²) in [6.45, 7) is 7.62. The van der Waals surface area contributed by atoms with Gasteiger partial charge in [-0.05, 0) is 36.3 Å². The van der Waals surface area contributed by atoms with Crippen LogP contribution < -0.4 is 15.4 Å². The van der Waals surface area contributed by atoms with E-state index in [-0.39, 0.29) is 30.2 Å². The number of ether oxygens (including phenoxy) is 2. The van der Waals surface area contributed by atoms with Crippen LogP contribution in [0.15, 0.2) is 59.1 Å². The number of alkyl carbamates (subject to hydrolysis) is 1. The Hall–Kier alpha value is -4.74. The fourth-order valence-electron chi connectivity index (χ4n) is 5.25. The minimum atomic E-state index is -0.957. The molecule has 12 nitrogen and oxygen atoms in total. The summed E-state index contributed by atoms with van der Waals surface area (Å²) >= 11 is 0. The third-order valence-electron chi connectivity index (χ3n) is 7.72. The van der Waals surface area contributed by atoms with Crippen LogP contribution in [-0.4, -0.2) is 70.5 Å². The fourth-order valence-corrected chi connectivity index (χ4v) is 5.25. The molecule has 2 heterocycles. The van der Waals surface area contributed by atoms with Gasteiger partial charge in [-0.1, -0.05) is 81.4 Å². The number of amides is 3. The Labute approximate surface area is 262 Å². The van der Waals surface area contributed by atoms with Gasteiger partial charge in [-0.3, -0.25) is 14.4 Å². The number of nitrogens with zero attached hydrogens (tertiary/aromatic N) is 3. The number of hydrogen-bond donors (Lipinski definition) is 2. The Morgan fingerprint density at radius 3 is 2.33 bits per heavy atom. The molecule has 3 amide bonds. The number of hydrogen-bond acceptors (Lipinski definition) is 9. The van der Waals surface area contributed by atoms with Crippen molar-refractivity contribution in [2.24, 2.45) is 11.8 Å². The third-order valence-corrected chi connectivity index (χ3v) is 7.72. The van der Waals surface area contributed by atoms with Gasteiger partial charge in [0.15, 0.2) is 5.82 Å². The van der Waals surface area contributed by atoms with Crippen molar-refractivity contribution < 1.29 is 33.2 Å². The first kappa shape index (κ1) is 33.2. The van der Waals surface area contributed by atoms with Crippen LogP contribution in [0.2, 0.25) is 0 Å². The zero-order valence-corrected chi connectivity index (χ0v) is 26.3. The van der Waals surface area contributed by atoms with Gasteiger partial charge in [0.25, 0.3) is 5.89 Å². The van der Waals surface area contributed by atoms with Crippen LogP contribution in [0.4, 0.5) is 4.79 Å². The maximum atomic E-state index is 13.7. The average Bonchev–Trinajstić information content (AvgIpc) is 3.72. The maximum Gasteiger partial charge on any atom is 0.408 e. The number of likely N-dealkylation sites (tertiary alicyclic amines) is 1. The highest BCUT2D eigenvalue weighted by Gasteiger charge is 2.40. The molecule has 240 valence electrons. The number of benzene rings is 2. The SMILES string of the molecule is COc1ccccc1Cc1noc(C(=O)C(NC(=O)C2CCCN2C(=O)C(NC(=O)OCc2ccccc2)C(C)C)C(C)C)n1. The van der Waals surface area contributed by atoms with Crippen molar-refractivity contribution in [3.8, 4) is 5.75 Å². The van der Waals surface area contributed by atoms with E-state index >= 15 is 0 Å². The van der Waals surface area contributed by atoms with E-state index in [0.717, 1.165) is 11.1 Å².